The second-order valence-electron chi connectivity index (χ2n) is 7.28. The maximum absolute atomic E-state index is 11.1. The zero-order chi connectivity index (χ0) is 14.7. The van der Waals surface area contributed by atoms with Crippen molar-refractivity contribution in [1.29, 1.82) is 0 Å². The normalized spacial score (nSPS) is 34.4. The fourth-order valence-corrected chi connectivity index (χ4v) is 4.52. The summed E-state index contributed by atoms with van der Waals surface area (Å²) in [5, 5.41) is 14.6. The third kappa shape index (κ3) is 1.66. The number of rotatable bonds is 3. The third-order valence-corrected chi connectivity index (χ3v) is 5.64. The van der Waals surface area contributed by atoms with Crippen molar-refractivity contribution >= 4 is 11.6 Å². The zero-order valence-corrected chi connectivity index (χ0v) is 12.5. The smallest absolute Gasteiger partial charge is 0.360 e. The molecule has 0 aromatic carbocycles. The van der Waals surface area contributed by atoms with E-state index in [2.05, 4.69) is 31.1 Å². The number of nitro groups is 1. The quantitative estimate of drug-likeness (QED) is 0.681. The molecule has 0 radical (unpaired) electrons. The first-order valence-electron chi connectivity index (χ1n) is 7.18. The van der Waals surface area contributed by atoms with Gasteiger partial charge in [0.1, 0.15) is 0 Å². The Labute approximate surface area is 118 Å². The van der Waals surface area contributed by atoms with Crippen LogP contribution in [-0.2, 0) is 7.05 Å². The van der Waals surface area contributed by atoms with Crippen LogP contribution in [0.4, 0.5) is 11.6 Å². The topological polar surface area (TPSA) is 73.0 Å². The summed E-state index contributed by atoms with van der Waals surface area (Å²) in [4.78, 5) is 14.6. The van der Waals surface area contributed by atoms with Gasteiger partial charge < -0.3 is 15.4 Å². The highest BCUT2D eigenvalue weighted by atomic mass is 16.6. The maximum atomic E-state index is 11.1. The number of imidazole rings is 1. The molecule has 0 aliphatic heterocycles. The molecule has 2 aliphatic rings. The summed E-state index contributed by atoms with van der Waals surface area (Å²) in [7, 11) is 1.80. The highest BCUT2D eigenvalue weighted by Crippen LogP contribution is 2.63. The highest BCUT2D eigenvalue weighted by molar-refractivity contribution is 5.53. The molecule has 6 nitrogen and oxygen atoms in total. The van der Waals surface area contributed by atoms with Crippen molar-refractivity contribution in [1.82, 2.24) is 9.55 Å². The first kappa shape index (κ1) is 13.4. The van der Waals surface area contributed by atoms with Gasteiger partial charge in [-0.3, -0.25) is 4.57 Å². The van der Waals surface area contributed by atoms with E-state index in [0.717, 1.165) is 0 Å². The molecule has 0 spiro atoms. The lowest BCUT2D eigenvalue weighted by molar-refractivity contribution is -0.388. The van der Waals surface area contributed by atoms with Crippen LogP contribution in [0.1, 0.15) is 40.0 Å². The Morgan fingerprint density at radius 2 is 2.20 bits per heavy atom. The van der Waals surface area contributed by atoms with Gasteiger partial charge in [-0.1, -0.05) is 20.8 Å². The van der Waals surface area contributed by atoms with Crippen molar-refractivity contribution in [2.75, 3.05) is 5.32 Å². The van der Waals surface area contributed by atoms with Gasteiger partial charge in [0.2, 0.25) is 12.1 Å². The minimum atomic E-state index is -0.412. The molecule has 1 aromatic rings. The summed E-state index contributed by atoms with van der Waals surface area (Å²) in [6, 6.07) is 0.253. The predicted octanol–water partition coefficient (Wildman–Crippen LogP) is 2.96. The van der Waals surface area contributed by atoms with E-state index >= 15 is 0 Å². The van der Waals surface area contributed by atoms with Crippen molar-refractivity contribution in [2.45, 2.75) is 46.1 Å². The van der Waals surface area contributed by atoms with Crippen molar-refractivity contribution in [3.8, 4) is 0 Å². The van der Waals surface area contributed by atoms with Crippen LogP contribution in [-0.4, -0.2) is 20.5 Å². The lowest BCUT2D eigenvalue weighted by Crippen LogP contribution is -2.46. The van der Waals surface area contributed by atoms with Crippen LogP contribution >= 0.6 is 0 Å². The molecule has 2 aliphatic carbocycles. The molecule has 20 heavy (non-hydrogen) atoms. The van der Waals surface area contributed by atoms with Crippen LogP contribution in [0, 0.1) is 26.9 Å². The van der Waals surface area contributed by atoms with Gasteiger partial charge >= 0.3 is 5.82 Å². The highest BCUT2D eigenvalue weighted by Gasteiger charge is 2.59. The Balaban J connectivity index is 1.96. The Bertz CT molecular complexity index is 561. The number of hydrogen-bond donors (Lipinski definition) is 1. The Morgan fingerprint density at radius 3 is 2.75 bits per heavy atom. The van der Waals surface area contributed by atoms with Crippen molar-refractivity contribution in [2.24, 2.45) is 23.8 Å². The van der Waals surface area contributed by atoms with Gasteiger partial charge in [0.05, 0.1) is 0 Å². The van der Waals surface area contributed by atoms with Gasteiger partial charge in [-0.15, -0.1) is 0 Å². The molecule has 3 atom stereocenters. The summed E-state index contributed by atoms with van der Waals surface area (Å²) in [5.41, 5.74) is 0.386. The molecular formula is C14H22N4O2. The van der Waals surface area contributed by atoms with Crippen LogP contribution in [0.25, 0.3) is 0 Å². The lowest BCUT2D eigenvalue weighted by Gasteiger charge is -2.43. The largest absolute Gasteiger partial charge is 0.406 e. The van der Waals surface area contributed by atoms with Gasteiger partial charge in [0.15, 0.2) is 0 Å². The first-order valence-corrected chi connectivity index (χ1v) is 7.18. The second-order valence-corrected chi connectivity index (χ2v) is 7.28. The number of hydrogen-bond acceptors (Lipinski definition) is 4. The fourth-order valence-electron chi connectivity index (χ4n) is 4.52. The number of nitrogens with zero attached hydrogens (tertiary/aromatic N) is 3. The minimum absolute atomic E-state index is 0.0744. The lowest BCUT2D eigenvalue weighted by atomic mass is 9.68. The van der Waals surface area contributed by atoms with E-state index in [1.165, 1.54) is 25.6 Å². The summed E-state index contributed by atoms with van der Waals surface area (Å²) < 4.78 is 1.71. The van der Waals surface area contributed by atoms with E-state index in [1.807, 2.05) is 0 Å². The molecule has 0 amide bonds. The van der Waals surface area contributed by atoms with E-state index in [0.29, 0.717) is 11.7 Å². The van der Waals surface area contributed by atoms with Gasteiger partial charge in [-0.25, -0.2) is 0 Å². The molecule has 2 saturated carbocycles. The van der Waals surface area contributed by atoms with E-state index in [1.54, 1.807) is 11.6 Å². The van der Waals surface area contributed by atoms with Gasteiger partial charge in [0.25, 0.3) is 0 Å². The van der Waals surface area contributed by atoms with Crippen LogP contribution in [0.3, 0.4) is 0 Å². The molecule has 1 N–H and O–H groups in total. The average molecular weight is 278 g/mol. The summed E-state index contributed by atoms with van der Waals surface area (Å²) in [6.07, 6.45) is 5.19. The number of anilines is 1. The molecule has 2 bridgehead atoms. The second kappa shape index (κ2) is 3.96. The molecule has 1 heterocycles. The van der Waals surface area contributed by atoms with Crippen molar-refractivity contribution < 1.29 is 4.92 Å². The number of aromatic nitrogens is 2. The zero-order valence-electron chi connectivity index (χ0n) is 12.5. The molecule has 1 aromatic heterocycles. The van der Waals surface area contributed by atoms with Gasteiger partial charge in [0, 0.05) is 13.1 Å². The van der Waals surface area contributed by atoms with E-state index in [9.17, 15) is 10.1 Å². The van der Waals surface area contributed by atoms with Crippen molar-refractivity contribution in [3.05, 3.63) is 16.4 Å². The van der Waals surface area contributed by atoms with E-state index in [-0.39, 0.29) is 22.7 Å². The molecule has 0 saturated heterocycles. The van der Waals surface area contributed by atoms with Gasteiger partial charge in [-0.05, 0) is 45.9 Å². The monoisotopic (exact) mass is 278 g/mol. The molecule has 3 rings (SSSR count). The average Bonchev–Trinajstić information content (AvgIpc) is 2.94. The molecule has 3 unspecified atom stereocenters. The predicted molar refractivity (Wildman–Crippen MR) is 76.5 cm³/mol. The van der Waals surface area contributed by atoms with Crippen LogP contribution in [0.15, 0.2) is 6.33 Å². The summed E-state index contributed by atoms with van der Waals surface area (Å²) >= 11 is 0. The minimum Gasteiger partial charge on any atom is -0.360 e. The third-order valence-electron chi connectivity index (χ3n) is 5.64. The Kier molecular flexibility index (Phi) is 2.65. The Morgan fingerprint density at radius 1 is 1.50 bits per heavy atom. The molecular weight excluding hydrogens is 256 g/mol. The number of nitrogens with one attached hydrogen (secondary N) is 1. The number of aryl methyl sites for hydroxylation is 1. The summed E-state index contributed by atoms with van der Waals surface area (Å²) in [6.45, 7) is 6.87. The van der Waals surface area contributed by atoms with E-state index in [4.69, 9.17) is 0 Å². The molecule has 2 fully saturated rings. The van der Waals surface area contributed by atoms with E-state index < -0.39 is 4.92 Å². The fraction of sp³-hybridized carbons (Fsp3) is 0.786. The van der Waals surface area contributed by atoms with Crippen LogP contribution in [0.2, 0.25) is 0 Å². The number of fused-ring (bicyclic) bond motifs is 2. The molecule has 6 heteroatoms. The van der Waals surface area contributed by atoms with Crippen LogP contribution < -0.4 is 5.32 Å². The first-order chi connectivity index (χ1) is 9.25. The van der Waals surface area contributed by atoms with Crippen LogP contribution in [0.5, 0.6) is 0 Å². The standard InChI is InChI=1S/C14H22N4O2/c1-13(2)9-5-6-14(3,7-9)12(13)16-11-10(18(19)20)15-8-17(11)4/h8-9,12,16H,5-7H2,1-4H3. The SMILES string of the molecule is Cn1cnc([N+](=O)[O-])c1NC1C2(C)CCC(C2)C1(C)C. The van der Waals surface area contributed by atoms with Gasteiger partial charge in [-0.2, -0.15) is 0 Å². The molecule has 110 valence electrons. The van der Waals surface area contributed by atoms with Crippen molar-refractivity contribution in [3.63, 3.8) is 0 Å². The Hall–Kier alpha value is -1.59. The maximum Gasteiger partial charge on any atom is 0.406 e. The summed E-state index contributed by atoms with van der Waals surface area (Å²) in [5.74, 6) is 1.16.